The molecule has 0 aromatic rings. The standard InChI is InChI=1S/C37H72N4O4/c1-34(2,3)21-14-12-16-30(38-35(4,5)6)32(43)40-24-19-29(20-25-40)45-27-37(10,11)22-15-13-17-31(39-36(7,8)9)33(44)41-23-18-28(42)26-41/h28-31,38-39,42H,12-27H2,1-11H3. The first kappa shape index (κ1) is 40.0. The molecular formula is C37H72N4O4. The number of nitrogens with zero attached hydrogens (tertiary/aromatic N) is 2. The molecule has 264 valence electrons. The van der Waals surface area contributed by atoms with E-state index in [0.717, 1.165) is 70.9 Å². The SMILES string of the molecule is CC(C)(C)CCCCC(NC(C)(C)C)C(=O)N1CCC(OCC(C)(C)CCCCC(NC(C)(C)C)C(=O)N2CCC(O)C2)CC1. The highest BCUT2D eigenvalue weighted by Crippen LogP contribution is 2.28. The number of ether oxygens (including phenoxy) is 1. The highest BCUT2D eigenvalue weighted by Gasteiger charge is 2.33. The lowest BCUT2D eigenvalue weighted by Gasteiger charge is -2.37. The van der Waals surface area contributed by atoms with Crippen LogP contribution in [0.3, 0.4) is 0 Å². The first-order chi connectivity index (χ1) is 20.6. The largest absolute Gasteiger partial charge is 0.391 e. The molecule has 3 unspecified atom stereocenters. The zero-order valence-electron chi connectivity index (χ0n) is 31.2. The zero-order valence-corrected chi connectivity index (χ0v) is 31.2. The van der Waals surface area contributed by atoms with E-state index < -0.39 is 6.10 Å². The van der Waals surface area contributed by atoms with Crippen LogP contribution in [0.4, 0.5) is 0 Å². The highest BCUT2D eigenvalue weighted by atomic mass is 16.5. The summed E-state index contributed by atoms with van der Waals surface area (Å²) in [5.74, 6) is 0.369. The lowest BCUT2D eigenvalue weighted by Crippen LogP contribution is -2.54. The van der Waals surface area contributed by atoms with Gasteiger partial charge in [-0.05, 0) is 97.3 Å². The Bertz CT molecular complexity index is 894. The van der Waals surface area contributed by atoms with Crippen LogP contribution in [-0.2, 0) is 14.3 Å². The van der Waals surface area contributed by atoms with E-state index in [1.54, 1.807) is 0 Å². The van der Waals surface area contributed by atoms with Crippen molar-refractivity contribution >= 4 is 11.8 Å². The van der Waals surface area contributed by atoms with Gasteiger partial charge in [-0.25, -0.2) is 0 Å². The quantitative estimate of drug-likeness (QED) is 0.172. The fourth-order valence-corrected chi connectivity index (χ4v) is 6.56. The van der Waals surface area contributed by atoms with Gasteiger partial charge >= 0.3 is 0 Å². The van der Waals surface area contributed by atoms with Gasteiger partial charge in [0.1, 0.15) is 0 Å². The summed E-state index contributed by atoms with van der Waals surface area (Å²) in [6.45, 7) is 27.5. The molecule has 0 aliphatic carbocycles. The molecule has 0 spiro atoms. The van der Waals surface area contributed by atoms with Gasteiger partial charge in [-0.15, -0.1) is 0 Å². The summed E-state index contributed by atoms with van der Waals surface area (Å²) >= 11 is 0. The predicted molar refractivity (Wildman–Crippen MR) is 186 cm³/mol. The molecule has 3 atom stereocenters. The first-order valence-corrected chi connectivity index (χ1v) is 18.1. The number of amides is 2. The Labute approximate surface area is 277 Å². The maximum absolute atomic E-state index is 13.6. The monoisotopic (exact) mass is 637 g/mol. The molecule has 2 saturated heterocycles. The first-order valence-electron chi connectivity index (χ1n) is 18.1. The van der Waals surface area contributed by atoms with E-state index in [1.165, 1.54) is 6.42 Å². The summed E-state index contributed by atoms with van der Waals surface area (Å²) in [5.41, 5.74) is 0.133. The summed E-state index contributed by atoms with van der Waals surface area (Å²) in [5, 5.41) is 17.1. The van der Waals surface area contributed by atoms with Crippen molar-refractivity contribution in [2.75, 3.05) is 32.8 Å². The molecule has 45 heavy (non-hydrogen) atoms. The summed E-state index contributed by atoms with van der Waals surface area (Å²) in [7, 11) is 0. The minimum absolute atomic E-state index is 0.0533. The maximum atomic E-state index is 13.6. The Balaban J connectivity index is 1.77. The van der Waals surface area contributed by atoms with Gasteiger partial charge in [0.15, 0.2) is 0 Å². The number of unbranched alkanes of at least 4 members (excludes halogenated alkanes) is 2. The van der Waals surface area contributed by atoms with Crippen molar-refractivity contribution in [3.8, 4) is 0 Å². The van der Waals surface area contributed by atoms with Crippen LogP contribution in [0, 0.1) is 10.8 Å². The predicted octanol–water partition coefficient (Wildman–Crippen LogP) is 6.29. The number of hydrogen-bond donors (Lipinski definition) is 3. The van der Waals surface area contributed by atoms with E-state index in [1.807, 2.05) is 4.90 Å². The third-order valence-corrected chi connectivity index (χ3v) is 9.02. The normalized spacial score (nSPS) is 20.5. The van der Waals surface area contributed by atoms with E-state index in [0.29, 0.717) is 31.5 Å². The van der Waals surface area contributed by atoms with Gasteiger partial charge in [0, 0.05) is 37.3 Å². The topological polar surface area (TPSA) is 94.1 Å². The average Bonchev–Trinajstić information content (AvgIpc) is 3.35. The van der Waals surface area contributed by atoms with Crippen molar-refractivity contribution in [1.82, 2.24) is 20.4 Å². The summed E-state index contributed by atoms with van der Waals surface area (Å²) in [6, 6.07) is -0.346. The Kier molecular flexibility index (Phi) is 15.3. The lowest BCUT2D eigenvalue weighted by atomic mass is 9.87. The molecule has 0 bridgehead atoms. The molecule has 2 aliphatic rings. The van der Waals surface area contributed by atoms with Gasteiger partial charge < -0.3 is 30.3 Å². The number of likely N-dealkylation sites (tertiary alicyclic amines) is 2. The van der Waals surface area contributed by atoms with E-state index in [-0.39, 0.29) is 46.5 Å². The van der Waals surface area contributed by atoms with Crippen LogP contribution < -0.4 is 10.6 Å². The Morgan fingerprint density at radius 2 is 1.18 bits per heavy atom. The van der Waals surface area contributed by atoms with Crippen LogP contribution >= 0.6 is 0 Å². The van der Waals surface area contributed by atoms with Crippen LogP contribution in [0.5, 0.6) is 0 Å². The summed E-state index contributed by atoms with van der Waals surface area (Å²) in [6.07, 6.45) is 10.4. The van der Waals surface area contributed by atoms with Crippen molar-refractivity contribution in [2.45, 2.75) is 182 Å². The number of carbonyl (C=O) groups is 2. The van der Waals surface area contributed by atoms with Gasteiger partial charge in [-0.2, -0.15) is 0 Å². The zero-order chi connectivity index (χ0) is 34.1. The van der Waals surface area contributed by atoms with Gasteiger partial charge in [-0.1, -0.05) is 60.3 Å². The molecule has 8 nitrogen and oxygen atoms in total. The average molecular weight is 637 g/mol. The molecule has 2 rings (SSSR count). The molecule has 0 saturated carbocycles. The maximum Gasteiger partial charge on any atom is 0.239 e. The Hall–Kier alpha value is -1.22. The molecule has 3 N–H and O–H groups in total. The molecular weight excluding hydrogens is 564 g/mol. The van der Waals surface area contributed by atoms with Crippen LogP contribution in [0.25, 0.3) is 0 Å². The number of aliphatic hydroxyl groups is 1. The Morgan fingerprint density at radius 1 is 0.711 bits per heavy atom. The summed E-state index contributed by atoms with van der Waals surface area (Å²) in [4.78, 5) is 30.7. The molecule has 0 radical (unpaired) electrons. The molecule has 2 fully saturated rings. The van der Waals surface area contributed by atoms with Gasteiger partial charge in [-0.3, -0.25) is 9.59 Å². The minimum Gasteiger partial charge on any atom is -0.391 e. The van der Waals surface area contributed by atoms with Gasteiger partial charge in [0.2, 0.25) is 11.8 Å². The number of carbonyl (C=O) groups excluding carboxylic acids is 2. The van der Waals surface area contributed by atoms with E-state index in [9.17, 15) is 14.7 Å². The fourth-order valence-electron chi connectivity index (χ4n) is 6.56. The van der Waals surface area contributed by atoms with Crippen LogP contribution in [0.15, 0.2) is 0 Å². The molecule has 0 aromatic heterocycles. The molecule has 2 aliphatic heterocycles. The number of aliphatic hydroxyl groups excluding tert-OH is 1. The fraction of sp³-hybridized carbons (Fsp3) is 0.946. The second-order valence-corrected chi connectivity index (χ2v) is 18.2. The van der Waals surface area contributed by atoms with Gasteiger partial charge in [0.25, 0.3) is 0 Å². The number of β-amino-alcohol motifs (C(OH)–C–C–N with tert-alkyl or cyclic N) is 1. The third-order valence-electron chi connectivity index (χ3n) is 9.02. The molecule has 2 amide bonds. The molecule has 2 heterocycles. The van der Waals surface area contributed by atoms with E-state index in [2.05, 4.69) is 91.7 Å². The second kappa shape index (κ2) is 17.3. The second-order valence-electron chi connectivity index (χ2n) is 18.2. The van der Waals surface area contributed by atoms with E-state index in [4.69, 9.17) is 4.74 Å². The number of hydrogen-bond acceptors (Lipinski definition) is 6. The van der Waals surface area contributed by atoms with Crippen molar-refractivity contribution in [3.63, 3.8) is 0 Å². The summed E-state index contributed by atoms with van der Waals surface area (Å²) < 4.78 is 6.44. The number of piperidine rings is 1. The van der Waals surface area contributed by atoms with Crippen molar-refractivity contribution in [3.05, 3.63) is 0 Å². The van der Waals surface area contributed by atoms with Crippen LogP contribution in [-0.4, -0.2) is 94.9 Å². The highest BCUT2D eigenvalue weighted by molar-refractivity contribution is 5.82. The van der Waals surface area contributed by atoms with Gasteiger partial charge in [0.05, 0.1) is 30.9 Å². The van der Waals surface area contributed by atoms with Crippen LogP contribution in [0.2, 0.25) is 0 Å². The number of rotatable bonds is 16. The smallest absolute Gasteiger partial charge is 0.239 e. The van der Waals surface area contributed by atoms with E-state index >= 15 is 0 Å². The third kappa shape index (κ3) is 16.4. The van der Waals surface area contributed by atoms with Crippen LogP contribution in [0.1, 0.15) is 147 Å². The van der Waals surface area contributed by atoms with Crippen molar-refractivity contribution < 1.29 is 19.4 Å². The van der Waals surface area contributed by atoms with Crippen molar-refractivity contribution in [2.24, 2.45) is 10.8 Å². The Morgan fingerprint density at radius 3 is 1.62 bits per heavy atom. The lowest BCUT2D eigenvalue weighted by molar-refractivity contribution is -0.137. The molecule has 8 heteroatoms. The molecule has 0 aromatic carbocycles. The van der Waals surface area contributed by atoms with Crippen molar-refractivity contribution in [1.29, 1.82) is 0 Å². The number of nitrogens with one attached hydrogen (secondary N) is 2. The minimum atomic E-state index is -0.395.